The summed E-state index contributed by atoms with van der Waals surface area (Å²) in [5, 5.41) is 13.9. The van der Waals surface area contributed by atoms with E-state index in [1.54, 1.807) is 0 Å². The number of hydrogen-bond acceptors (Lipinski definition) is 6. The molecule has 0 aromatic carbocycles. The summed E-state index contributed by atoms with van der Waals surface area (Å²) in [6.45, 7) is 16.0. The Kier molecular flexibility index (Phi) is 8.43. The van der Waals surface area contributed by atoms with Gasteiger partial charge in [-0.05, 0) is 69.1 Å². The number of amides is 6. The van der Waals surface area contributed by atoms with E-state index in [-0.39, 0.29) is 41.5 Å². The van der Waals surface area contributed by atoms with Crippen molar-refractivity contribution in [2.45, 2.75) is 111 Å². The molecule has 234 valence electrons. The van der Waals surface area contributed by atoms with Gasteiger partial charge in [0, 0.05) is 30.6 Å². The minimum Gasteiger partial charge on any atom is -0.356 e. The van der Waals surface area contributed by atoms with Crippen molar-refractivity contribution in [3.05, 3.63) is 0 Å². The third-order valence-corrected chi connectivity index (χ3v) is 9.09. The van der Waals surface area contributed by atoms with Gasteiger partial charge >= 0.3 is 6.03 Å². The topological polar surface area (TPSA) is 166 Å². The van der Waals surface area contributed by atoms with Crippen molar-refractivity contribution in [1.82, 2.24) is 31.5 Å². The SMILES string of the molecule is CC(C)(C)NC(=O)NC(C(=O)N1C[C@H]2[C@@H]([C@H]1C(=O)NC(C[C@@H]1CCNC1=O)C(=O)C(=O)NC1CC1)C2(C)C)C(C)(C)C. The lowest BCUT2D eigenvalue weighted by Gasteiger charge is -2.38. The number of nitrogens with zero attached hydrogens (tertiary/aromatic N) is 1. The van der Waals surface area contributed by atoms with E-state index in [9.17, 15) is 28.8 Å². The van der Waals surface area contributed by atoms with Gasteiger partial charge < -0.3 is 31.5 Å². The van der Waals surface area contributed by atoms with Crippen LogP contribution in [0.3, 0.4) is 0 Å². The molecule has 2 heterocycles. The van der Waals surface area contributed by atoms with E-state index in [1.807, 2.05) is 41.5 Å². The normalized spacial score (nSPS) is 27.7. The number of likely N-dealkylation sites (tertiary alicyclic amines) is 1. The molecule has 4 aliphatic rings. The van der Waals surface area contributed by atoms with Gasteiger partial charge in [-0.3, -0.25) is 24.0 Å². The van der Waals surface area contributed by atoms with E-state index < -0.39 is 58.6 Å². The molecule has 12 heteroatoms. The summed E-state index contributed by atoms with van der Waals surface area (Å²) >= 11 is 0. The summed E-state index contributed by atoms with van der Waals surface area (Å²) in [6, 6.07) is -3.52. The number of hydrogen-bond donors (Lipinski definition) is 5. The van der Waals surface area contributed by atoms with E-state index in [1.165, 1.54) is 4.90 Å². The fourth-order valence-corrected chi connectivity index (χ4v) is 6.42. The Bertz CT molecular complexity index is 1150. The van der Waals surface area contributed by atoms with Gasteiger partial charge in [0.2, 0.25) is 23.5 Å². The smallest absolute Gasteiger partial charge is 0.315 e. The molecule has 0 bridgehead atoms. The molecule has 6 atom stereocenters. The highest BCUT2D eigenvalue weighted by atomic mass is 16.2. The van der Waals surface area contributed by atoms with E-state index in [0.717, 1.165) is 12.8 Å². The predicted octanol–water partition coefficient (Wildman–Crippen LogP) is 0.841. The van der Waals surface area contributed by atoms with Gasteiger partial charge in [0.15, 0.2) is 0 Å². The maximum atomic E-state index is 14.1. The van der Waals surface area contributed by atoms with Gasteiger partial charge in [-0.2, -0.15) is 0 Å². The van der Waals surface area contributed by atoms with Gasteiger partial charge in [0.1, 0.15) is 12.1 Å². The Morgan fingerprint density at radius 2 is 1.64 bits per heavy atom. The van der Waals surface area contributed by atoms with Crippen LogP contribution >= 0.6 is 0 Å². The predicted molar refractivity (Wildman–Crippen MR) is 155 cm³/mol. The zero-order valence-electron chi connectivity index (χ0n) is 26.2. The summed E-state index contributed by atoms with van der Waals surface area (Å²) < 4.78 is 0. The molecule has 0 aromatic heterocycles. The van der Waals surface area contributed by atoms with Gasteiger partial charge in [-0.25, -0.2) is 4.79 Å². The van der Waals surface area contributed by atoms with Crippen LogP contribution in [0, 0.1) is 28.6 Å². The summed E-state index contributed by atoms with van der Waals surface area (Å²) in [7, 11) is 0. The van der Waals surface area contributed by atoms with E-state index >= 15 is 0 Å². The highest BCUT2D eigenvalue weighted by Crippen LogP contribution is 2.65. The Labute approximate surface area is 248 Å². The Hall–Kier alpha value is -3.18. The molecule has 2 unspecified atom stereocenters. The summed E-state index contributed by atoms with van der Waals surface area (Å²) in [6.07, 6.45) is 2.11. The minimum absolute atomic E-state index is 0.00575. The second-order valence-electron chi connectivity index (χ2n) is 15.2. The van der Waals surface area contributed by atoms with Crippen molar-refractivity contribution in [1.29, 1.82) is 0 Å². The molecular formula is C30H48N6O6. The van der Waals surface area contributed by atoms with Crippen molar-refractivity contribution in [3.8, 4) is 0 Å². The van der Waals surface area contributed by atoms with Gasteiger partial charge in [0.05, 0.1) is 6.04 Å². The molecule has 2 saturated heterocycles. The molecule has 6 amide bonds. The summed E-state index contributed by atoms with van der Waals surface area (Å²) in [5.74, 6) is -3.24. The molecule has 0 radical (unpaired) electrons. The first-order valence-electron chi connectivity index (χ1n) is 15.1. The van der Waals surface area contributed by atoms with Crippen LogP contribution in [0.2, 0.25) is 0 Å². The lowest BCUT2D eigenvalue weighted by Crippen LogP contribution is -2.62. The molecular weight excluding hydrogens is 540 g/mol. The number of Topliss-reactive ketones (excluding diaryl/α,β-unsaturated/α-hetero) is 1. The fraction of sp³-hybridized carbons (Fsp3) is 0.800. The first kappa shape index (κ1) is 31.7. The molecule has 42 heavy (non-hydrogen) atoms. The Morgan fingerprint density at radius 3 is 2.17 bits per heavy atom. The van der Waals surface area contributed by atoms with Crippen molar-refractivity contribution in [3.63, 3.8) is 0 Å². The largest absolute Gasteiger partial charge is 0.356 e. The molecule has 5 N–H and O–H groups in total. The van der Waals surface area contributed by atoms with E-state index in [4.69, 9.17) is 0 Å². The number of rotatable bonds is 9. The van der Waals surface area contributed by atoms with Gasteiger partial charge in [-0.1, -0.05) is 34.6 Å². The van der Waals surface area contributed by atoms with Crippen LogP contribution in [-0.4, -0.2) is 83.1 Å². The number of carbonyl (C=O) groups excluding carboxylic acids is 6. The first-order valence-corrected chi connectivity index (χ1v) is 15.1. The molecule has 12 nitrogen and oxygen atoms in total. The molecule has 0 aromatic rings. The van der Waals surface area contributed by atoms with Crippen LogP contribution in [-0.2, 0) is 24.0 Å². The number of piperidine rings is 1. The van der Waals surface area contributed by atoms with Crippen molar-refractivity contribution < 1.29 is 28.8 Å². The Balaban J connectivity index is 1.56. The van der Waals surface area contributed by atoms with Crippen LogP contribution in [0.4, 0.5) is 4.79 Å². The fourth-order valence-electron chi connectivity index (χ4n) is 6.42. The molecule has 2 aliphatic heterocycles. The molecule has 4 fully saturated rings. The Morgan fingerprint density at radius 1 is 1.00 bits per heavy atom. The quantitative estimate of drug-likeness (QED) is 0.250. The van der Waals surface area contributed by atoms with Gasteiger partial charge in [-0.15, -0.1) is 0 Å². The van der Waals surface area contributed by atoms with Crippen molar-refractivity contribution in [2.24, 2.45) is 28.6 Å². The maximum absolute atomic E-state index is 14.1. The van der Waals surface area contributed by atoms with E-state index in [2.05, 4.69) is 40.4 Å². The average molecular weight is 589 g/mol. The maximum Gasteiger partial charge on any atom is 0.315 e. The van der Waals surface area contributed by atoms with Crippen LogP contribution in [0.5, 0.6) is 0 Å². The lowest BCUT2D eigenvalue weighted by atomic mass is 9.85. The molecule has 2 saturated carbocycles. The van der Waals surface area contributed by atoms with Crippen LogP contribution in [0.15, 0.2) is 0 Å². The van der Waals surface area contributed by atoms with Crippen LogP contribution in [0.25, 0.3) is 0 Å². The summed E-state index contributed by atoms with van der Waals surface area (Å²) in [5.41, 5.74) is -1.37. The number of carbonyl (C=O) groups is 6. The first-order chi connectivity index (χ1) is 19.3. The van der Waals surface area contributed by atoms with Crippen LogP contribution < -0.4 is 26.6 Å². The molecule has 2 aliphatic carbocycles. The monoisotopic (exact) mass is 588 g/mol. The van der Waals surface area contributed by atoms with Crippen molar-refractivity contribution in [2.75, 3.05) is 13.1 Å². The second kappa shape index (κ2) is 11.1. The third kappa shape index (κ3) is 6.89. The number of ketones is 1. The highest BCUT2D eigenvalue weighted by Gasteiger charge is 2.70. The van der Waals surface area contributed by atoms with Crippen molar-refractivity contribution >= 4 is 35.4 Å². The standard InChI is InChI=1S/C30H48N6O6/c1-28(2,3)22(34-27(42)35-29(4,5)6)26(41)36-14-17-19(30(17,7)8)20(36)24(39)33-18(13-15-11-12-31-23(15)38)21(37)25(40)32-16-9-10-16/h15-20,22H,9-14H2,1-8H3,(H,31,38)(H,32,40)(H,33,39)(H2,34,35,42)/t15-,17-,18?,19-,20-,22?/m0/s1. The zero-order valence-corrected chi connectivity index (χ0v) is 26.2. The average Bonchev–Trinajstić information content (AvgIpc) is 3.61. The third-order valence-electron chi connectivity index (χ3n) is 9.09. The molecule has 0 spiro atoms. The number of fused-ring (bicyclic) bond motifs is 1. The number of nitrogens with one attached hydrogen (secondary N) is 5. The van der Waals surface area contributed by atoms with E-state index in [0.29, 0.717) is 19.5 Å². The second-order valence-corrected chi connectivity index (χ2v) is 15.2. The highest BCUT2D eigenvalue weighted by molar-refractivity contribution is 6.38. The lowest BCUT2D eigenvalue weighted by molar-refractivity contribution is -0.145. The zero-order chi connectivity index (χ0) is 31.4. The molecule has 4 rings (SSSR count). The minimum atomic E-state index is -1.20. The van der Waals surface area contributed by atoms with Crippen LogP contribution in [0.1, 0.15) is 81.1 Å². The number of urea groups is 1. The summed E-state index contributed by atoms with van der Waals surface area (Å²) in [4.78, 5) is 80.7. The van der Waals surface area contributed by atoms with Gasteiger partial charge in [0.25, 0.3) is 5.91 Å².